The Labute approximate surface area is 102 Å². The van der Waals surface area contributed by atoms with E-state index in [0.717, 1.165) is 29.5 Å². The van der Waals surface area contributed by atoms with Crippen LogP contribution in [0.2, 0.25) is 5.15 Å². The van der Waals surface area contributed by atoms with Gasteiger partial charge in [0, 0.05) is 31.7 Å². The minimum atomic E-state index is 0.584. The standard InChI is InChI=1S/C11H19ClN4/c1-8-10(11(12)16(3)14-8)6-13-9-4-5-15(2)7-9/h9,13H,4-7H2,1-3H3. The predicted octanol–water partition coefficient (Wildman–Crippen LogP) is 1.18. The summed E-state index contributed by atoms with van der Waals surface area (Å²) < 4.78 is 1.73. The molecule has 1 unspecified atom stereocenters. The topological polar surface area (TPSA) is 33.1 Å². The van der Waals surface area contributed by atoms with Crippen molar-refractivity contribution in [3.05, 3.63) is 16.4 Å². The van der Waals surface area contributed by atoms with E-state index in [1.165, 1.54) is 13.0 Å². The average molecular weight is 243 g/mol. The van der Waals surface area contributed by atoms with Crippen molar-refractivity contribution in [2.45, 2.75) is 25.9 Å². The highest BCUT2D eigenvalue weighted by Gasteiger charge is 2.20. The number of likely N-dealkylation sites (tertiary alicyclic amines) is 1. The Morgan fingerprint density at radius 1 is 1.50 bits per heavy atom. The predicted molar refractivity (Wildman–Crippen MR) is 65.7 cm³/mol. The normalized spacial score (nSPS) is 21.9. The van der Waals surface area contributed by atoms with Gasteiger partial charge in [-0.15, -0.1) is 0 Å². The first-order valence-electron chi connectivity index (χ1n) is 5.68. The van der Waals surface area contributed by atoms with Crippen LogP contribution in [0.5, 0.6) is 0 Å². The summed E-state index contributed by atoms with van der Waals surface area (Å²) in [7, 11) is 4.03. The van der Waals surface area contributed by atoms with Crippen LogP contribution in [0.25, 0.3) is 0 Å². The lowest BCUT2D eigenvalue weighted by Gasteiger charge is -2.12. The summed E-state index contributed by atoms with van der Waals surface area (Å²) in [4.78, 5) is 2.34. The lowest BCUT2D eigenvalue weighted by atomic mass is 10.2. The Bertz CT molecular complexity index is 374. The number of nitrogens with one attached hydrogen (secondary N) is 1. The summed E-state index contributed by atoms with van der Waals surface area (Å²) in [5.74, 6) is 0. The molecule has 0 spiro atoms. The van der Waals surface area contributed by atoms with E-state index in [4.69, 9.17) is 11.6 Å². The summed E-state index contributed by atoms with van der Waals surface area (Å²) in [6.07, 6.45) is 1.22. The van der Waals surface area contributed by atoms with E-state index in [2.05, 4.69) is 22.4 Å². The molecule has 1 saturated heterocycles. The summed E-state index contributed by atoms with van der Waals surface area (Å²) >= 11 is 6.18. The molecule has 90 valence electrons. The number of halogens is 1. The van der Waals surface area contributed by atoms with Crippen LogP contribution in [0, 0.1) is 6.92 Å². The quantitative estimate of drug-likeness (QED) is 0.864. The third-order valence-electron chi connectivity index (χ3n) is 3.23. The van der Waals surface area contributed by atoms with Gasteiger partial charge in [-0.3, -0.25) is 4.68 Å². The Balaban J connectivity index is 1.94. The van der Waals surface area contributed by atoms with E-state index in [-0.39, 0.29) is 0 Å². The Morgan fingerprint density at radius 3 is 2.75 bits per heavy atom. The van der Waals surface area contributed by atoms with Crippen molar-refractivity contribution in [3.63, 3.8) is 0 Å². The second-order valence-corrected chi connectivity index (χ2v) is 4.97. The van der Waals surface area contributed by atoms with Crippen molar-refractivity contribution in [1.29, 1.82) is 0 Å². The molecule has 1 N–H and O–H groups in total. The SMILES string of the molecule is Cc1nn(C)c(Cl)c1CNC1CCN(C)C1. The van der Waals surface area contributed by atoms with Crippen molar-refractivity contribution >= 4 is 11.6 Å². The molecule has 0 bridgehead atoms. The Hall–Kier alpha value is -0.580. The second kappa shape index (κ2) is 4.73. The zero-order chi connectivity index (χ0) is 11.7. The van der Waals surface area contributed by atoms with Crippen molar-refractivity contribution in [1.82, 2.24) is 20.0 Å². The highest BCUT2D eigenvalue weighted by molar-refractivity contribution is 6.30. The second-order valence-electron chi connectivity index (χ2n) is 4.61. The van der Waals surface area contributed by atoms with Gasteiger partial charge in [0.25, 0.3) is 0 Å². The van der Waals surface area contributed by atoms with Gasteiger partial charge in [-0.1, -0.05) is 11.6 Å². The van der Waals surface area contributed by atoms with Crippen LogP contribution in [0.15, 0.2) is 0 Å². The fourth-order valence-corrected chi connectivity index (χ4v) is 2.46. The molecular weight excluding hydrogens is 224 g/mol. The Morgan fingerprint density at radius 2 is 2.25 bits per heavy atom. The monoisotopic (exact) mass is 242 g/mol. The molecule has 1 aromatic rings. The molecule has 0 saturated carbocycles. The van der Waals surface area contributed by atoms with Crippen LogP contribution in [-0.4, -0.2) is 40.9 Å². The van der Waals surface area contributed by atoms with Crippen LogP contribution in [-0.2, 0) is 13.6 Å². The summed E-state index contributed by atoms with van der Waals surface area (Å²) in [5.41, 5.74) is 2.14. The molecule has 0 aromatic carbocycles. The molecule has 16 heavy (non-hydrogen) atoms. The van der Waals surface area contributed by atoms with Crippen molar-refractivity contribution in [2.75, 3.05) is 20.1 Å². The lowest BCUT2D eigenvalue weighted by Crippen LogP contribution is -2.31. The van der Waals surface area contributed by atoms with E-state index in [1.54, 1.807) is 4.68 Å². The van der Waals surface area contributed by atoms with Crippen molar-refractivity contribution < 1.29 is 0 Å². The first kappa shape index (κ1) is 11.9. The molecule has 0 radical (unpaired) electrons. The van der Waals surface area contributed by atoms with Gasteiger partial charge in [-0.25, -0.2) is 0 Å². The number of hydrogen-bond donors (Lipinski definition) is 1. The van der Waals surface area contributed by atoms with Gasteiger partial charge in [-0.05, 0) is 26.9 Å². The summed E-state index contributed by atoms with van der Waals surface area (Å²) in [5, 5.41) is 8.60. The maximum absolute atomic E-state index is 6.18. The Kier molecular flexibility index (Phi) is 3.52. The minimum absolute atomic E-state index is 0.584. The molecule has 1 aliphatic heterocycles. The van der Waals surface area contributed by atoms with Crippen LogP contribution >= 0.6 is 11.6 Å². The van der Waals surface area contributed by atoms with E-state index >= 15 is 0 Å². The van der Waals surface area contributed by atoms with Gasteiger partial charge in [0.2, 0.25) is 0 Å². The molecule has 2 heterocycles. The van der Waals surface area contributed by atoms with E-state index in [9.17, 15) is 0 Å². The minimum Gasteiger partial charge on any atom is -0.308 e. The number of hydrogen-bond acceptors (Lipinski definition) is 3. The largest absolute Gasteiger partial charge is 0.308 e. The molecule has 1 aromatic heterocycles. The van der Waals surface area contributed by atoms with Crippen molar-refractivity contribution in [3.8, 4) is 0 Å². The highest BCUT2D eigenvalue weighted by atomic mass is 35.5. The maximum atomic E-state index is 6.18. The number of rotatable bonds is 3. The fourth-order valence-electron chi connectivity index (χ4n) is 2.22. The number of likely N-dealkylation sites (N-methyl/N-ethyl adjacent to an activating group) is 1. The first-order chi connectivity index (χ1) is 7.58. The molecule has 4 nitrogen and oxygen atoms in total. The molecule has 5 heteroatoms. The van der Waals surface area contributed by atoms with E-state index in [1.807, 2.05) is 14.0 Å². The molecule has 2 rings (SSSR count). The third kappa shape index (κ3) is 2.39. The number of nitrogens with zero attached hydrogens (tertiary/aromatic N) is 3. The van der Waals surface area contributed by atoms with Gasteiger partial charge < -0.3 is 10.2 Å². The number of aryl methyl sites for hydroxylation is 2. The van der Waals surface area contributed by atoms with Gasteiger partial charge in [-0.2, -0.15) is 5.10 Å². The molecule has 0 aliphatic carbocycles. The summed E-state index contributed by atoms with van der Waals surface area (Å²) in [6, 6.07) is 0.584. The van der Waals surface area contributed by atoms with Gasteiger partial charge in [0.15, 0.2) is 0 Å². The van der Waals surface area contributed by atoms with Gasteiger partial charge in [0.05, 0.1) is 5.69 Å². The van der Waals surface area contributed by atoms with Gasteiger partial charge in [0.1, 0.15) is 5.15 Å². The molecular formula is C11H19ClN4. The highest BCUT2D eigenvalue weighted by Crippen LogP contribution is 2.19. The molecule has 0 amide bonds. The third-order valence-corrected chi connectivity index (χ3v) is 3.70. The zero-order valence-electron chi connectivity index (χ0n) is 10.1. The van der Waals surface area contributed by atoms with Crippen LogP contribution in [0.1, 0.15) is 17.7 Å². The molecule has 1 aliphatic rings. The smallest absolute Gasteiger partial charge is 0.131 e. The fraction of sp³-hybridized carbons (Fsp3) is 0.727. The van der Waals surface area contributed by atoms with Crippen LogP contribution < -0.4 is 5.32 Å². The van der Waals surface area contributed by atoms with E-state index < -0.39 is 0 Å². The first-order valence-corrected chi connectivity index (χ1v) is 6.05. The van der Waals surface area contributed by atoms with Crippen molar-refractivity contribution in [2.24, 2.45) is 7.05 Å². The van der Waals surface area contributed by atoms with E-state index in [0.29, 0.717) is 6.04 Å². The maximum Gasteiger partial charge on any atom is 0.131 e. The van der Waals surface area contributed by atoms with Gasteiger partial charge >= 0.3 is 0 Å². The molecule has 1 atom stereocenters. The zero-order valence-corrected chi connectivity index (χ0v) is 10.9. The van der Waals surface area contributed by atoms with Crippen LogP contribution in [0.3, 0.4) is 0 Å². The summed E-state index contributed by atoms with van der Waals surface area (Å²) in [6.45, 7) is 5.12. The molecule has 1 fully saturated rings. The number of aromatic nitrogens is 2. The lowest BCUT2D eigenvalue weighted by molar-refractivity contribution is 0.397. The average Bonchev–Trinajstić information content (AvgIpc) is 2.72. The van der Waals surface area contributed by atoms with Crippen LogP contribution in [0.4, 0.5) is 0 Å².